The molecule has 0 saturated heterocycles. The second-order valence-electron chi connectivity index (χ2n) is 4.76. The van der Waals surface area contributed by atoms with Gasteiger partial charge in [-0.1, -0.05) is 29.8 Å². The predicted molar refractivity (Wildman–Crippen MR) is 81.8 cm³/mol. The number of likely N-dealkylation sites (N-methyl/N-ethyl adjacent to an activating group) is 1. The van der Waals surface area contributed by atoms with Crippen molar-refractivity contribution < 1.29 is 4.74 Å². The van der Waals surface area contributed by atoms with Gasteiger partial charge >= 0.3 is 0 Å². The molecular formula is C16H19ClN2O. The lowest BCUT2D eigenvalue weighted by Gasteiger charge is -2.27. The van der Waals surface area contributed by atoms with Crippen molar-refractivity contribution in [1.82, 2.24) is 9.88 Å². The Bertz CT molecular complexity index is 516. The third kappa shape index (κ3) is 4.04. The van der Waals surface area contributed by atoms with Crippen LogP contribution in [-0.4, -0.2) is 30.6 Å². The van der Waals surface area contributed by atoms with E-state index in [1.165, 1.54) is 5.56 Å². The number of pyridine rings is 1. The molecule has 0 N–H and O–H groups in total. The average molecular weight is 291 g/mol. The van der Waals surface area contributed by atoms with Gasteiger partial charge in [0, 0.05) is 24.9 Å². The van der Waals surface area contributed by atoms with Crippen molar-refractivity contribution in [2.24, 2.45) is 0 Å². The highest BCUT2D eigenvalue weighted by Gasteiger charge is 2.17. The molecular weight excluding hydrogens is 272 g/mol. The van der Waals surface area contributed by atoms with Crippen molar-refractivity contribution in [2.75, 3.05) is 20.8 Å². The Labute approximate surface area is 125 Å². The molecule has 0 radical (unpaired) electrons. The number of rotatable bonds is 6. The van der Waals surface area contributed by atoms with E-state index in [0.717, 1.165) is 17.3 Å². The maximum atomic E-state index is 5.95. The highest BCUT2D eigenvalue weighted by Crippen LogP contribution is 2.23. The van der Waals surface area contributed by atoms with Gasteiger partial charge in [0.05, 0.1) is 18.3 Å². The lowest BCUT2D eigenvalue weighted by Crippen LogP contribution is -2.28. The molecule has 0 aliphatic carbocycles. The summed E-state index contributed by atoms with van der Waals surface area (Å²) in [7, 11) is 3.80. The van der Waals surface area contributed by atoms with Gasteiger partial charge in [-0.15, -0.1) is 0 Å². The first kappa shape index (κ1) is 15.0. The molecule has 2 aromatic rings. The minimum Gasteiger partial charge on any atom is -0.383 e. The Kier molecular flexibility index (Phi) is 5.53. The van der Waals surface area contributed by atoms with Crippen LogP contribution in [0, 0.1) is 0 Å². The van der Waals surface area contributed by atoms with Crippen molar-refractivity contribution in [2.45, 2.75) is 12.6 Å². The van der Waals surface area contributed by atoms with Gasteiger partial charge in [0.15, 0.2) is 0 Å². The third-order valence-corrected chi connectivity index (χ3v) is 3.50. The summed E-state index contributed by atoms with van der Waals surface area (Å²) in [6.45, 7) is 1.41. The number of halogens is 1. The second-order valence-corrected chi connectivity index (χ2v) is 5.20. The first-order valence-electron chi connectivity index (χ1n) is 6.55. The number of methoxy groups -OCH3 is 1. The highest BCUT2D eigenvalue weighted by atomic mass is 35.5. The Morgan fingerprint density at radius 1 is 1.20 bits per heavy atom. The zero-order chi connectivity index (χ0) is 14.4. The Balaban J connectivity index is 2.13. The molecule has 4 heteroatoms. The van der Waals surface area contributed by atoms with Gasteiger partial charge in [-0.3, -0.25) is 9.88 Å². The van der Waals surface area contributed by atoms with Crippen molar-refractivity contribution in [3.8, 4) is 0 Å². The van der Waals surface area contributed by atoms with Crippen LogP contribution in [0.2, 0.25) is 5.02 Å². The largest absolute Gasteiger partial charge is 0.383 e. The van der Waals surface area contributed by atoms with Crippen LogP contribution in [0.1, 0.15) is 17.3 Å². The maximum absolute atomic E-state index is 5.95. The second kappa shape index (κ2) is 7.39. The number of nitrogens with zero attached hydrogens (tertiary/aromatic N) is 2. The summed E-state index contributed by atoms with van der Waals surface area (Å²) < 4.78 is 5.35. The molecule has 20 heavy (non-hydrogen) atoms. The molecule has 0 amide bonds. The van der Waals surface area contributed by atoms with E-state index in [-0.39, 0.29) is 6.04 Å². The van der Waals surface area contributed by atoms with Gasteiger partial charge in [-0.2, -0.15) is 0 Å². The summed E-state index contributed by atoms with van der Waals surface area (Å²) in [5.74, 6) is 0. The van der Waals surface area contributed by atoms with E-state index in [9.17, 15) is 0 Å². The minimum absolute atomic E-state index is 0.180. The fraction of sp³-hybridized carbons (Fsp3) is 0.312. The summed E-state index contributed by atoms with van der Waals surface area (Å²) in [5, 5.41) is 0.747. The molecule has 1 unspecified atom stereocenters. The Hall–Kier alpha value is -1.42. The molecule has 0 fully saturated rings. The molecule has 1 heterocycles. The minimum atomic E-state index is 0.180. The van der Waals surface area contributed by atoms with Gasteiger partial charge in [-0.25, -0.2) is 0 Å². The normalized spacial score (nSPS) is 12.6. The van der Waals surface area contributed by atoms with Crippen LogP contribution in [0.3, 0.4) is 0 Å². The zero-order valence-corrected chi connectivity index (χ0v) is 12.5. The van der Waals surface area contributed by atoms with Crippen LogP contribution in [-0.2, 0) is 11.3 Å². The van der Waals surface area contributed by atoms with Crippen molar-refractivity contribution in [3.05, 3.63) is 64.9 Å². The molecule has 0 aliphatic rings. The molecule has 1 aromatic heterocycles. The van der Waals surface area contributed by atoms with Crippen LogP contribution in [0.4, 0.5) is 0 Å². The molecule has 2 rings (SSSR count). The van der Waals surface area contributed by atoms with Gasteiger partial charge < -0.3 is 4.74 Å². The molecule has 1 atom stereocenters. The average Bonchev–Trinajstić information content (AvgIpc) is 2.47. The van der Waals surface area contributed by atoms with E-state index in [0.29, 0.717) is 6.61 Å². The monoisotopic (exact) mass is 290 g/mol. The fourth-order valence-corrected chi connectivity index (χ4v) is 2.30. The van der Waals surface area contributed by atoms with Crippen molar-refractivity contribution in [1.29, 1.82) is 0 Å². The Morgan fingerprint density at radius 3 is 2.55 bits per heavy atom. The number of benzene rings is 1. The number of hydrogen-bond acceptors (Lipinski definition) is 3. The maximum Gasteiger partial charge on any atom is 0.0659 e. The fourth-order valence-electron chi connectivity index (χ4n) is 2.18. The van der Waals surface area contributed by atoms with Crippen LogP contribution < -0.4 is 0 Å². The molecule has 1 aromatic carbocycles. The molecule has 3 nitrogen and oxygen atoms in total. The van der Waals surface area contributed by atoms with Crippen LogP contribution in [0.25, 0.3) is 0 Å². The van der Waals surface area contributed by atoms with Gasteiger partial charge in [0.25, 0.3) is 0 Å². The van der Waals surface area contributed by atoms with Crippen LogP contribution >= 0.6 is 11.6 Å². The zero-order valence-electron chi connectivity index (χ0n) is 11.8. The molecule has 0 aliphatic heterocycles. The summed E-state index contributed by atoms with van der Waals surface area (Å²) in [5.41, 5.74) is 2.24. The standard InChI is InChI=1S/C16H19ClN2O/c1-19(11-15-5-3-4-10-18-15)16(12-20-2)13-6-8-14(17)9-7-13/h3-10,16H,11-12H2,1-2H3. The molecule has 106 valence electrons. The van der Waals surface area contributed by atoms with Crippen LogP contribution in [0.15, 0.2) is 48.7 Å². The molecule has 0 bridgehead atoms. The lowest BCUT2D eigenvalue weighted by atomic mass is 10.1. The molecule has 0 spiro atoms. The number of ether oxygens (including phenoxy) is 1. The van der Waals surface area contributed by atoms with Gasteiger partial charge in [0.1, 0.15) is 0 Å². The summed E-state index contributed by atoms with van der Waals surface area (Å²) in [6, 6.07) is 14.0. The van der Waals surface area contributed by atoms with Crippen molar-refractivity contribution >= 4 is 11.6 Å². The smallest absolute Gasteiger partial charge is 0.0659 e. The lowest BCUT2D eigenvalue weighted by molar-refractivity contribution is 0.102. The summed E-state index contributed by atoms with van der Waals surface area (Å²) in [4.78, 5) is 6.60. The van der Waals surface area contributed by atoms with E-state index in [1.807, 2.05) is 48.7 Å². The third-order valence-electron chi connectivity index (χ3n) is 3.25. The molecule has 0 saturated carbocycles. The van der Waals surface area contributed by atoms with E-state index in [1.54, 1.807) is 7.11 Å². The summed E-state index contributed by atoms with van der Waals surface area (Å²) in [6.07, 6.45) is 1.82. The van der Waals surface area contributed by atoms with Crippen molar-refractivity contribution in [3.63, 3.8) is 0 Å². The highest BCUT2D eigenvalue weighted by molar-refractivity contribution is 6.30. The first-order chi connectivity index (χ1) is 9.70. The SMILES string of the molecule is COCC(c1ccc(Cl)cc1)N(C)Cc1ccccn1. The predicted octanol–water partition coefficient (Wildman–Crippen LogP) is 3.55. The van der Waals surface area contributed by atoms with E-state index in [4.69, 9.17) is 16.3 Å². The van der Waals surface area contributed by atoms with Gasteiger partial charge in [-0.05, 0) is 36.9 Å². The topological polar surface area (TPSA) is 25.4 Å². The van der Waals surface area contributed by atoms with Crippen LogP contribution in [0.5, 0.6) is 0 Å². The Morgan fingerprint density at radius 2 is 1.95 bits per heavy atom. The van der Waals surface area contributed by atoms with Gasteiger partial charge in [0.2, 0.25) is 0 Å². The first-order valence-corrected chi connectivity index (χ1v) is 6.93. The number of aromatic nitrogens is 1. The summed E-state index contributed by atoms with van der Waals surface area (Å²) >= 11 is 5.95. The number of hydrogen-bond donors (Lipinski definition) is 0. The quantitative estimate of drug-likeness (QED) is 0.813. The van der Waals surface area contributed by atoms with E-state index >= 15 is 0 Å². The van der Waals surface area contributed by atoms with E-state index < -0.39 is 0 Å². The van der Waals surface area contributed by atoms with E-state index in [2.05, 4.69) is 16.9 Å².